The van der Waals surface area contributed by atoms with Crippen LogP contribution in [0.15, 0.2) is 66.7 Å². The molecule has 3 aromatic carbocycles. The molecule has 0 fully saturated rings. The lowest BCUT2D eigenvalue weighted by molar-refractivity contribution is -0.166. The Morgan fingerprint density at radius 2 is 1.75 bits per heavy atom. The number of carbonyl (C=O) groups excluding carboxylic acids is 2. The Balaban J connectivity index is 1.77. The van der Waals surface area contributed by atoms with Gasteiger partial charge in [-0.3, -0.25) is 10.0 Å². The molecule has 9 nitrogen and oxygen atoms in total. The third-order valence-corrected chi connectivity index (χ3v) is 6.11. The number of halogens is 4. The molecule has 13 heteroatoms. The SMILES string of the molecule is Nc1ccc(C(=O)N[C@H](Cc2ccc(-c3cccc(Cl)c3)cc2)CC(O)C(=O)OCCC(F)(F)F)cc1N(N)O. The first kappa shape index (κ1) is 30.7. The predicted octanol–water partition coefficient (Wildman–Crippen LogP) is 4.25. The maximum atomic E-state index is 13.0. The Bertz CT molecular complexity index is 1320. The number of benzene rings is 3. The second kappa shape index (κ2) is 13.5. The Hall–Kier alpha value is -3.84. The molecule has 0 saturated carbocycles. The van der Waals surface area contributed by atoms with Crippen LogP contribution in [0.2, 0.25) is 5.02 Å². The highest BCUT2D eigenvalue weighted by atomic mass is 35.5. The van der Waals surface area contributed by atoms with E-state index in [1.807, 2.05) is 24.3 Å². The zero-order chi connectivity index (χ0) is 29.4. The second-order valence-corrected chi connectivity index (χ2v) is 9.42. The molecule has 3 rings (SSSR count). The molecule has 0 radical (unpaired) electrons. The molecule has 0 spiro atoms. The number of carbonyl (C=O) groups is 2. The summed E-state index contributed by atoms with van der Waals surface area (Å²) in [5.74, 6) is 3.45. The normalized spacial score (nSPS) is 12.9. The lowest BCUT2D eigenvalue weighted by Crippen LogP contribution is -2.41. The lowest BCUT2D eigenvalue weighted by atomic mass is 9.97. The smallest absolute Gasteiger partial charge is 0.392 e. The number of hydrogen-bond acceptors (Lipinski definition) is 8. The van der Waals surface area contributed by atoms with Crippen molar-refractivity contribution in [2.24, 2.45) is 5.84 Å². The van der Waals surface area contributed by atoms with Crippen LogP contribution in [-0.4, -0.2) is 47.1 Å². The van der Waals surface area contributed by atoms with E-state index in [0.29, 0.717) is 5.02 Å². The quantitative estimate of drug-likeness (QED) is 0.0977. The van der Waals surface area contributed by atoms with E-state index < -0.39 is 43.2 Å². The molecule has 7 N–H and O–H groups in total. The maximum Gasteiger partial charge on any atom is 0.392 e. The number of nitrogen functional groups attached to an aromatic ring is 1. The minimum Gasteiger partial charge on any atom is -0.463 e. The summed E-state index contributed by atoms with van der Waals surface area (Å²) in [7, 11) is 0. The topological polar surface area (TPSA) is 151 Å². The van der Waals surface area contributed by atoms with Gasteiger partial charge in [0, 0.05) is 23.0 Å². The highest BCUT2D eigenvalue weighted by Crippen LogP contribution is 2.25. The van der Waals surface area contributed by atoms with Gasteiger partial charge in [-0.1, -0.05) is 48.0 Å². The molecule has 0 bridgehead atoms. The van der Waals surface area contributed by atoms with Crippen LogP contribution in [0.3, 0.4) is 0 Å². The molecular weight excluding hydrogens is 553 g/mol. The van der Waals surface area contributed by atoms with Gasteiger partial charge in [-0.05, 0) is 53.4 Å². The van der Waals surface area contributed by atoms with Gasteiger partial charge in [0.1, 0.15) is 12.3 Å². The average molecular weight is 581 g/mol. The summed E-state index contributed by atoms with van der Waals surface area (Å²) >= 11 is 6.07. The van der Waals surface area contributed by atoms with E-state index in [2.05, 4.69) is 10.1 Å². The van der Waals surface area contributed by atoms with E-state index in [0.717, 1.165) is 16.7 Å². The van der Waals surface area contributed by atoms with Crippen molar-refractivity contribution in [3.8, 4) is 11.1 Å². The van der Waals surface area contributed by atoms with E-state index in [4.69, 9.17) is 23.2 Å². The van der Waals surface area contributed by atoms with Crippen molar-refractivity contribution in [3.63, 3.8) is 0 Å². The summed E-state index contributed by atoms with van der Waals surface area (Å²) in [6, 6.07) is 17.7. The highest BCUT2D eigenvalue weighted by Gasteiger charge is 2.29. The molecule has 0 aliphatic heterocycles. The number of alkyl halides is 3. The Morgan fingerprint density at radius 1 is 1.05 bits per heavy atom. The molecule has 0 heterocycles. The maximum absolute atomic E-state index is 13.0. The average Bonchev–Trinajstić information content (AvgIpc) is 2.88. The van der Waals surface area contributed by atoms with Crippen LogP contribution in [0.1, 0.15) is 28.8 Å². The number of aliphatic hydroxyl groups is 1. The molecule has 214 valence electrons. The Morgan fingerprint density at radius 3 is 2.38 bits per heavy atom. The van der Waals surface area contributed by atoms with Gasteiger partial charge in [0.25, 0.3) is 5.91 Å². The van der Waals surface area contributed by atoms with Crippen LogP contribution in [0.5, 0.6) is 0 Å². The molecular formula is C27H28ClF3N4O5. The number of aliphatic hydroxyl groups excluding tert-OH is 1. The van der Waals surface area contributed by atoms with Crippen molar-refractivity contribution in [2.75, 3.05) is 17.5 Å². The molecule has 0 saturated heterocycles. The van der Waals surface area contributed by atoms with Gasteiger partial charge in [0.15, 0.2) is 6.10 Å². The van der Waals surface area contributed by atoms with Gasteiger partial charge in [-0.25, -0.2) is 10.6 Å². The number of anilines is 2. The van der Waals surface area contributed by atoms with Crippen LogP contribution in [-0.2, 0) is 16.0 Å². The highest BCUT2D eigenvalue weighted by molar-refractivity contribution is 6.30. The molecule has 2 atom stereocenters. The number of ether oxygens (including phenoxy) is 1. The molecule has 1 unspecified atom stereocenters. The summed E-state index contributed by atoms with van der Waals surface area (Å²) in [6.45, 7) is -0.938. The van der Waals surface area contributed by atoms with Crippen LogP contribution < -0.4 is 22.1 Å². The lowest BCUT2D eigenvalue weighted by Gasteiger charge is -2.22. The first-order chi connectivity index (χ1) is 18.8. The number of esters is 1. The van der Waals surface area contributed by atoms with Crippen molar-refractivity contribution in [3.05, 3.63) is 82.9 Å². The first-order valence-electron chi connectivity index (χ1n) is 12.0. The number of nitrogens with two attached hydrogens (primary N) is 2. The summed E-state index contributed by atoms with van der Waals surface area (Å²) < 4.78 is 41.7. The molecule has 3 aromatic rings. The van der Waals surface area contributed by atoms with Crippen molar-refractivity contribution in [2.45, 2.75) is 37.6 Å². The van der Waals surface area contributed by atoms with Crippen LogP contribution >= 0.6 is 11.6 Å². The third kappa shape index (κ3) is 9.12. The van der Waals surface area contributed by atoms with Gasteiger partial charge < -0.3 is 20.9 Å². The minimum atomic E-state index is -4.52. The van der Waals surface area contributed by atoms with Crippen LogP contribution in [0, 0.1) is 0 Å². The van der Waals surface area contributed by atoms with E-state index in [9.17, 15) is 33.1 Å². The van der Waals surface area contributed by atoms with Gasteiger partial charge >= 0.3 is 12.1 Å². The number of nitrogens with one attached hydrogen (secondary N) is 1. The first-order valence-corrected chi connectivity index (χ1v) is 12.4. The molecule has 0 aliphatic carbocycles. The van der Waals surface area contributed by atoms with Gasteiger partial charge in [-0.15, -0.1) is 0 Å². The zero-order valence-corrected chi connectivity index (χ0v) is 21.8. The third-order valence-electron chi connectivity index (χ3n) is 5.88. The summed E-state index contributed by atoms with van der Waals surface area (Å²) in [4.78, 5) is 25.1. The number of hydrazine groups is 1. The fourth-order valence-corrected chi connectivity index (χ4v) is 4.05. The van der Waals surface area contributed by atoms with E-state index in [1.165, 1.54) is 18.2 Å². The van der Waals surface area contributed by atoms with Gasteiger partial charge in [0.05, 0.1) is 12.1 Å². The monoisotopic (exact) mass is 580 g/mol. The van der Waals surface area contributed by atoms with Crippen molar-refractivity contribution in [1.29, 1.82) is 0 Å². The summed E-state index contributed by atoms with van der Waals surface area (Å²) in [5, 5.41) is 23.4. The molecule has 1 amide bonds. The number of nitrogens with zero attached hydrogens (tertiary/aromatic N) is 1. The second-order valence-electron chi connectivity index (χ2n) is 8.98. The van der Waals surface area contributed by atoms with Gasteiger partial charge in [-0.2, -0.15) is 18.3 Å². The van der Waals surface area contributed by atoms with Gasteiger partial charge in [0.2, 0.25) is 0 Å². The fraction of sp³-hybridized carbons (Fsp3) is 0.259. The summed E-state index contributed by atoms with van der Waals surface area (Å²) in [6.07, 6.45) is -7.88. The largest absolute Gasteiger partial charge is 0.463 e. The van der Waals surface area contributed by atoms with Crippen molar-refractivity contribution >= 4 is 34.9 Å². The minimum absolute atomic E-state index is 0.0333. The van der Waals surface area contributed by atoms with E-state index in [-0.39, 0.29) is 35.0 Å². The van der Waals surface area contributed by atoms with Crippen molar-refractivity contribution in [1.82, 2.24) is 5.32 Å². The summed E-state index contributed by atoms with van der Waals surface area (Å²) in [5.41, 5.74) is 8.38. The Kier molecular flexibility index (Phi) is 10.3. The van der Waals surface area contributed by atoms with Crippen LogP contribution in [0.25, 0.3) is 11.1 Å². The zero-order valence-electron chi connectivity index (χ0n) is 21.1. The van der Waals surface area contributed by atoms with Crippen molar-refractivity contribution < 1.29 is 37.8 Å². The van der Waals surface area contributed by atoms with E-state index in [1.54, 1.807) is 24.3 Å². The standard InChI is InChI=1S/C27H28ClF3N4O5/c28-20-3-1-2-18(13-20)17-6-4-16(5-7-17)12-21(15-24(36)26(38)40-11-10-27(29,30)31)34-25(37)19-8-9-22(32)23(14-19)35(33)39/h1-9,13-14,21,24,36,39H,10-12,15,32-33H2,(H,34,37)/t21-,24?/m1/s1. The number of amides is 1. The number of rotatable bonds is 11. The molecule has 40 heavy (non-hydrogen) atoms. The number of hydrogen-bond donors (Lipinski definition) is 5. The van der Waals surface area contributed by atoms with E-state index >= 15 is 0 Å². The fourth-order valence-electron chi connectivity index (χ4n) is 3.86. The molecule has 0 aromatic heterocycles. The Labute approximate surface area is 233 Å². The van der Waals surface area contributed by atoms with Crippen LogP contribution in [0.4, 0.5) is 24.5 Å². The molecule has 0 aliphatic rings. The predicted molar refractivity (Wildman–Crippen MR) is 143 cm³/mol.